The molecule has 0 atom stereocenters. The van der Waals surface area contributed by atoms with Gasteiger partial charge in [-0.1, -0.05) is 60.7 Å². The number of rotatable bonds is 2. The van der Waals surface area contributed by atoms with E-state index in [1.807, 2.05) is 48.5 Å². The molecule has 3 rings (SSSR count). The Morgan fingerprint density at radius 2 is 1.15 bits per heavy atom. The predicted octanol–water partition coefficient (Wildman–Crippen LogP) is 4.19. The van der Waals surface area contributed by atoms with E-state index in [4.69, 9.17) is 11.5 Å². The van der Waals surface area contributed by atoms with E-state index in [2.05, 4.69) is 24.3 Å². The summed E-state index contributed by atoms with van der Waals surface area (Å²) in [5.74, 6) is 0. The molecule has 20 heavy (non-hydrogen) atoms. The molecule has 2 nitrogen and oxygen atoms in total. The Morgan fingerprint density at radius 3 is 1.75 bits per heavy atom. The molecular weight excluding hydrogens is 244 g/mol. The van der Waals surface area contributed by atoms with Crippen LogP contribution in [0.25, 0.3) is 22.3 Å². The van der Waals surface area contributed by atoms with E-state index < -0.39 is 0 Å². The van der Waals surface area contributed by atoms with Crippen LogP contribution in [-0.4, -0.2) is 0 Å². The topological polar surface area (TPSA) is 52.0 Å². The lowest BCUT2D eigenvalue weighted by atomic mass is 9.92. The van der Waals surface area contributed by atoms with Crippen LogP contribution in [0.1, 0.15) is 0 Å². The van der Waals surface area contributed by atoms with E-state index in [1.165, 1.54) is 0 Å². The van der Waals surface area contributed by atoms with Gasteiger partial charge in [0.25, 0.3) is 0 Å². The SMILES string of the molecule is Nc1cc(N)c(-c2ccccc2)c(-c2ccccc2)c1. The molecule has 2 heteroatoms. The normalized spacial score (nSPS) is 10.4. The minimum absolute atomic E-state index is 0.682. The zero-order chi connectivity index (χ0) is 13.9. The summed E-state index contributed by atoms with van der Waals surface area (Å²) in [6.45, 7) is 0. The lowest BCUT2D eigenvalue weighted by molar-refractivity contribution is 1.57. The lowest BCUT2D eigenvalue weighted by Gasteiger charge is -2.14. The van der Waals surface area contributed by atoms with Crippen LogP contribution in [0.3, 0.4) is 0 Å². The second-order valence-electron chi connectivity index (χ2n) is 4.76. The van der Waals surface area contributed by atoms with E-state index in [1.54, 1.807) is 0 Å². The summed E-state index contributed by atoms with van der Waals surface area (Å²) in [4.78, 5) is 0. The van der Waals surface area contributed by atoms with Gasteiger partial charge in [-0.05, 0) is 28.8 Å². The number of hydrogen-bond donors (Lipinski definition) is 2. The Bertz CT molecular complexity index is 719. The molecular formula is C18H16N2. The van der Waals surface area contributed by atoms with Crippen molar-refractivity contribution in [2.75, 3.05) is 11.5 Å². The first-order valence-electron chi connectivity index (χ1n) is 6.55. The van der Waals surface area contributed by atoms with E-state index >= 15 is 0 Å². The third-order valence-electron chi connectivity index (χ3n) is 3.34. The van der Waals surface area contributed by atoms with Crippen molar-refractivity contribution < 1.29 is 0 Å². The van der Waals surface area contributed by atoms with Crippen LogP contribution in [-0.2, 0) is 0 Å². The average Bonchev–Trinajstić information content (AvgIpc) is 2.48. The second kappa shape index (κ2) is 5.10. The van der Waals surface area contributed by atoms with Crippen LogP contribution in [0.15, 0.2) is 72.8 Å². The van der Waals surface area contributed by atoms with E-state index in [9.17, 15) is 0 Å². The van der Waals surface area contributed by atoms with Gasteiger partial charge in [-0.2, -0.15) is 0 Å². The largest absolute Gasteiger partial charge is 0.399 e. The quantitative estimate of drug-likeness (QED) is 0.679. The molecule has 0 amide bonds. The van der Waals surface area contributed by atoms with Crippen molar-refractivity contribution in [2.24, 2.45) is 0 Å². The smallest absolute Gasteiger partial charge is 0.0420 e. The number of nitrogen functional groups attached to an aromatic ring is 2. The zero-order valence-corrected chi connectivity index (χ0v) is 11.1. The van der Waals surface area contributed by atoms with Gasteiger partial charge in [0.15, 0.2) is 0 Å². The van der Waals surface area contributed by atoms with E-state index in [-0.39, 0.29) is 0 Å². The van der Waals surface area contributed by atoms with Crippen molar-refractivity contribution in [2.45, 2.75) is 0 Å². The van der Waals surface area contributed by atoms with Gasteiger partial charge >= 0.3 is 0 Å². The Morgan fingerprint density at radius 1 is 0.600 bits per heavy atom. The minimum Gasteiger partial charge on any atom is -0.399 e. The van der Waals surface area contributed by atoms with Gasteiger partial charge in [0.1, 0.15) is 0 Å². The Hall–Kier alpha value is -2.74. The summed E-state index contributed by atoms with van der Waals surface area (Å²) < 4.78 is 0. The maximum Gasteiger partial charge on any atom is 0.0420 e. The summed E-state index contributed by atoms with van der Waals surface area (Å²) in [6, 6.07) is 24.1. The van der Waals surface area contributed by atoms with Crippen molar-refractivity contribution in [3.05, 3.63) is 72.8 Å². The fourth-order valence-electron chi connectivity index (χ4n) is 2.46. The highest BCUT2D eigenvalue weighted by Gasteiger charge is 2.11. The van der Waals surface area contributed by atoms with Crippen molar-refractivity contribution in [1.29, 1.82) is 0 Å². The Balaban J connectivity index is 2.29. The molecule has 3 aromatic rings. The lowest BCUT2D eigenvalue weighted by Crippen LogP contribution is -1.96. The highest BCUT2D eigenvalue weighted by Crippen LogP contribution is 2.38. The van der Waals surface area contributed by atoms with Gasteiger partial charge in [-0.15, -0.1) is 0 Å². The summed E-state index contributed by atoms with van der Waals surface area (Å²) in [7, 11) is 0. The molecule has 0 saturated carbocycles. The highest BCUT2D eigenvalue weighted by molar-refractivity contribution is 5.93. The van der Waals surface area contributed by atoms with Crippen molar-refractivity contribution in [3.8, 4) is 22.3 Å². The second-order valence-corrected chi connectivity index (χ2v) is 4.76. The molecule has 0 aromatic heterocycles. The Kier molecular flexibility index (Phi) is 3.13. The van der Waals surface area contributed by atoms with E-state index in [0.717, 1.165) is 22.3 Å². The molecule has 0 heterocycles. The molecule has 0 aliphatic carbocycles. The molecule has 0 saturated heterocycles. The van der Waals surface area contributed by atoms with Gasteiger partial charge < -0.3 is 11.5 Å². The third-order valence-corrected chi connectivity index (χ3v) is 3.34. The first-order chi connectivity index (χ1) is 9.75. The van der Waals surface area contributed by atoms with Crippen LogP contribution in [0.2, 0.25) is 0 Å². The van der Waals surface area contributed by atoms with Gasteiger partial charge in [0.05, 0.1) is 0 Å². The fourth-order valence-corrected chi connectivity index (χ4v) is 2.46. The van der Waals surface area contributed by atoms with Crippen molar-refractivity contribution >= 4 is 11.4 Å². The van der Waals surface area contributed by atoms with Crippen LogP contribution in [0.4, 0.5) is 11.4 Å². The molecule has 0 unspecified atom stereocenters. The fraction of sp³-hybridized carbons (Fsp3) is 0. The molecule has 4 N–H and O–H groups in total. The van der Waals surface area contributed by atoms with Crippen LogP contribution in [0, 0.1) is 0 Å². The van der Waals surface area contributed by atoms with Gasteiger partial charge in [-0.3, -0.25) is 0 Å². The van der Waals surface area contributed by atoms with Crippen molar-refractivity contribution in [1.82, 2.24) is 0 Å². The summed E-state index contributed by atoms with van der Waals surface area (Å²) in [6.07, 6.45) is 0. The highest BCUT2D eigenvalue weighted by atomic mass is 14.6. The van der Waals surface area contributed by atoms with Crippen molar-refractivity contribution in [3.63, 3.8) is 0 Å². The van der Waals surface area contributed by atoms with Crippen LogP contribution in [0.5, 0.6) is 0 Å². The van der Waals surface area contributed by atoms with Gasteiger partial charge in [-0.25, -0.2) is 0 Å². The summed E-state index contributed by atoms with van der Waals surface area (Å²) >= 11 is 0. The molecule has 0 aliphatic heterocycles. The van der Waals surface area contributed by atoms with Gasteiger partial charge in [0.2, 0.25) is 0 Å². The standard InChI is InChI=1S/C18H16N2/c19-15-11-16(13-7-3-1-4-8-13)18(17(20)12-15)14-9-5-2-6-10-14/h1-12H,19-20H2. The summed E-state index contributed by atoms with van der Waals surface area (Å²) in [5.41, 5.74) is 17.9. The molecule has 0 spiro atoms. The first-order valence-corrected chi connectivity index (χ1v) is 6.55. The molecule has 3 aromatic carbocycles. The molecule has 0 aliphatic rings. The third kappa shape index (κ3) is 2.24. The number of benzene rings is 3. The molecule has 0 fully saturated rings. The zero-order valence-electron chi connectivity index (χ0n) is 11.1. The number of anilines is 2. The molecule has 0 radical (unpaired) electrons. The summed E-state index contributed by atoms with van der Waals surface area (Å²) in [5, 5.41) is 0. The first kappa shape index (κ1) is 12.3. The van der Waals surface area contributed by atoms with E-state index in [0.29, 0.717) is 11.4 Å². The Labute approximate surface area is 118 Å². The number of nitrogens with two attached hydrogens (primary N) is 2. The average molecular weight is 260 g/mol. The number of hydrogen-bond acceptors (Lipinski definition) is 2. The maximum absolute atomic E-state index is 6.21. The predicted molar refractivity (Wildman–Crippen MR) is 86.1 cm³/mol. The van der Waals surface area contributed by atoms with Crippen LogP contribution >= 0.6 is 0 Å². The van der Waals surface area contributed by atoms with Gasteiger partial charge in [0, 0.05) is 16.9 Å². The maximum atomic E-state index is 6.21. The molecule has 98 valence electrons. The monoisotopic (exact) mass is 260 g/mol. The minimum atomic E-state index is 0.682. The molecule has 0 bridgehead atoms. The van der Waals surface area contributed by atoms with Crippen LogP contribution < -0.4 is 11.5 Å².